The fraction of sp³-hybridized carbons (Fsp3) is 0.923. The van der Waals surface area contributed by atoms with Crippen molar-refractivity contribution in [3.05, 3.63) is 0 Å². The fourth-order valence-corrected chi connectivity index (χ4v) is 2.48. The lowest BCUT2D eigenvalue weighted by Gasteiger charge is -2.21. The Bertz CT molecular complexity index is 248. The molecular weight excluding hydrogens is 232 g/mol. The summed E-state index contributed by atoms with van der Waals surface area (Å²) in [5.41, 5.74) is 0. The molecule has 106 valence electrons. The topological polar surface area (TPSA) is 72.8 Å². The van der Waals surface area contributed by atoms with Crippen LogP contribution in [-0.2, 0) is 4.79 Å². The lowest BCUT2D eigenvalue weighted by Crippen LogP contribution is -2.33. The standard InChI is InChI=1S/C13H26N2O3/c1-11(17)14-6-4-2-3-5-7-15-9-13(18)8-12(15)10-16/h12-13,16,18H,2-10H2,1H3,(H,14,17)/t12-,13?/m0/s1. The van der Waals surface area contributed by atoms with Crippen molar-refractivity contribution in [1.82, 2.24) is 10.2 Å². The van der Waals surface area contributed by atoms with E-state index in [1.54, 1.807) is 0 Å². The molecule has 0 spiro atoms. The van der Waals surface area contributed by atoms with Crippen molar-refractivity contribution in [2.45, 2.75) is 51.2 Å². The van der Waals surface area contributed by atoms with E-state index >= 15 is 0 Å². The Kier molecular flexibility index (Phi) is 7.23. The SMILES string of the molecule is CC(=O)NCCCCCCN1CC(O)C[C@H]1CO. The van der Waals surface area contributed by atoms with Crippen LogP contribution in [0.25, 0.3) is 0 Å². The number of likely N-dealkylation sites (tertiary alicyclic amines) is 1. The summed E-state index contributed by atoms with van der Waals surface area (Å²) in [4.78, 5) is 12.8. The van der Waals surface area contributed by atoms with Crippen LogP contribution in [-0.4, -0.2) is 59.4 Å². The number of carbonyl (C=O) groups is 1. The monoisotopic (exact) mass is 258 g/mol. The van der Waals surface area contributed by atoms with Gasteiger partial charge in [0.05, 0.1) is 12.7 Å². The van der Waals surface area contributed by atoms with E-state index in [-0.39, 0.29) is 24.7 Å². The molecule has 1 aliphatic rings. The number of hydrogen-bond donors (Lipinski definition) is 3. The lowest BCUT2D eigenvalue weighted by atomic mass is 10.1. The van der Waals surface area contributed by atoms with Gasteiger partial charge in [0.1, 0.15) is 0 Å². The van der Waals surface area contributed by atoms with Gasteiger partial charge < -0.3 is 15.5 Å². The maximum absolute atomic E-state index is 10.6. The van der Waals surface area contributed by atoms with E-state index in [4.69, 9.17) is 0 Å². The summed E-state index contributed by atoms with van der Waals surface area (Å²) in [5.74, 6) is 0.0341. The molecule has 5 nitrogen and oxygen atoms in total. The summed E-state index contributed by atoms with van der Waals surface area (Å²) >= 11 is 0. The number of nitrogens with one attached hydrogen (secondary N) is 1. The minimum absolute atomic E-state index is 0.0341. The van der Waals surface area contributed by atoms with Crippen molar-refractivity contribution in [3.8, 4) is 0 Å². The molecule has 0 bridgehead atoms. The van der Waals surface area contributed by atoms with Crippen LogP contribution in [0.5, 0.6) is 0 Å². The molecule has 1 fully saturated rings. The van der Waals surface area contributed by atoms with E-state index in [9.17, 15) is 15.0 Å². The van der Waals surface area contributed by atoms with Crippen molar-refractivity contribution in [3.63, 3.8) is 0 Å². The number of amides is 1. The summed E-state index contributed by atoms with van der Waals surface area (Å²) in [6.45, 7) is 4.07. The molecule has 1 heterocycles. The Morgan fingerprint density at radius 1 is 1.33 bits per heavy atom. The van der Waals surface area contributed by atoms with Gasteiger partial charge in [0.2, 0.25) is 5.91 Å². The van der Waals surface area contributed by atoms with E-state index in [0.717, 1.165) is 38.8 Å². The first-order valence-corrected chi connectivity index (χ1v) is 6.91. The highest BCUT2D eigenvalue weighted by molar-refractivity contribution is 5.72. The zero-order chi connectivity index (χ0) is 13.4. The van der Waals surface area contributed by atoms with E-state index in [2.05, 4.69) is 10.2 Å². The molecule has 2 atom stereocenters. The predicted octanol–water partition coefficient (Wildman–Crippen LogP) is 0.110. The Morgan fingerprint density at radius 3 is 2.72 bits per heavy atom. The van der Waals surface area contributed by atoms with Gasteiger partial charge in [0.25, 0.3) is 0 Å². The molecule has 0 radical (unpaired) electrons. The average Bonchev–Trinajstić information content (AvgIpc) is 2.68. The molecule has 3 N–H and O–H groups in total. The van der Waals surface area contributed by atoms with Crippen LogP contribution < -0.4 is 5.32 Å². The maximum atomic E-state index is 10.6. The number of carbonyl (C=O) groups excluding carboxylic acids is 1. The third-order valence-electron chi connectivity index (χ3n) is 3.46. The van der Waals surface area contributed by atoms with Crippen LogP contribution in [0, 0.1) is 0 Å². The van der Waals surface area contributed by atoms with Crippen molar-refractivity contribution in [2.75, 3.05) is 26.2 Å². The van der Waals surface area contributed by atoms with Crippen LogP contribution in [0.15, 0.2) is 0 Å². The van der Waals surface area contributed by atoms with Gasteiger partial charge in [-0.05, 0) is 25.8 Å². The number of aliphatic hydroxyl groups is 2. The fourth-order valence-electron chi connectivity index (χ4n) is 2.48. The normalized spacial score (nSPS) is 24.4. The molecule has 18 heavy (non-hydrogen) atoms. The summed E-state index contributed by atoms with van der Waals surface area (Å²) in [6, 6.07) is 0.138. The molecule has 0 saturated carbocycles. The Morgan fingerprint density at radius 2 is 2.06 bits per heavy atom. The molecule has 1 saturated heterocycles. The van der Waals surface area contributed by atoms with Gasteiger partial charge in [-0.1, -0.05) is 12.8 Å². The minimum Gasteiger partial charge on any atom is -0.395 e. The molecule has 1 amide bonds. The Labute approximate surface area is 109 Å². The Hall–Kier alpha value is -0.650. The summed E-state index contributed by atoms with van der Waals surface area (Å²) in [7, 11) is 0. The second-order valence-electron chi connectivity index (χ2n) is 5.12. The second kappa shape index (κ2) is 8.45. The molecule has 1 aliphatic heterocycles. The van der Waals surface area contributed by atoms with Crippen molar-refractivity contribution in [1.29, 1.82) is 0 Å². The molecule has 0 aromatic rings. The first-order valence-electron chi connectivity index (χ1n) is 6.91. The van der Waals surface area contributed by atoms with E-state index in [1.165, 1.54) is 6.92 Å². The average molecular weight is 258 g/mol. The van der Waals surface area contributed by atoms with Gasteiger partial charge in [-0.15, -0.1) is 0 Å². The van der Waals surface area contributed by atoms with E-state index in [1.807, 2.05) is 0 Å². The third-order valence-corrected chi connectivity index (χ3v) is 3.46. The smallest absolute Gasteiger partial charge is 0.216 e. The zero-order valence-corrected chi connectivity index (χ0v) is 11.3. The number of nitrogens with zero attached hydrogens (tertiary/aromatic N) is 1. The molecule has 1 unspecified atom stereocenters. The highest BCUT2D eigenvalue weighted by atomic mass is 16.3. The van der Waals surface area contributed by atoms with Gasteiger partial charge >= 0.3 is 0 Å². The van der Waals surface area contributed by atoms with Gasteiger partial charge in [-0.3, -0.25) is 9.69 Å². The zero-order valence-electron chi connectivity index (χ0n) is 11.3. The largest absolute Gasteiger partial charge is 0.395 e. The second-order valence-corrected chi connectivity index (χ2v) is 5.12. The quantitative estimate of drug-likeness (QED) is 0.540. The molecule has 5 heteroatoms. The number of hydrogen-bond acceptors (Lipinski definition) is 4. The van der Waals surface area contributed by atoms with Gasteiger partial charge in [0.15, 0.2) is 0 Å². The third kappa shape index (κ3) is 5.80. The molecular formula is C13H26N2O3. The van der Waals surface area contributed by atoms with Crippen molar-refractivity contribution >= 4 is 5.91 Å². The van der Waals surface area contributed by atoms with Crippen LogP contribution in [0.4, 0.5) is 0 Å². The van der Waals surface area contributed by atoms with Crippen LogP contribution >= 0.6 is 0 Å². The molecule has 0 aliphatic carbocycles. The lowest BCUT2D eigenvalue weighted by molar-refractivity contribution is -0.118. The van der Waals surface area contributed by atoms with Crippen LogP contribution in [0.1, 0.15) is 39.0 Å². The summed E-state index contributed by atoms with van der Waals surface area (Å²) < 4.78 is 0. The van der Waals surface area contributed by atoms with Crippen LogP contribution in [0.3, 0.4) is 0 Å². The van der Waals surface area contributed by atoms with Gasteiger partial charge in [-0.25, -0.2) is 0 Å². The van der Waals surface area contributed by atoms with E-state index < -0.39 is 0 Å². The van der Waals surface area contributed by atoms with Crippen LogP contribution in [0.2, 0.25) is 0 Å². The first kappa shape index (κ1) is 15.4. The Balaban J connectivity index is 1.99. The minimum atomic E-state index is -0.276. The summed E-state index contributed by atoms with van der Waals surface area (Å²) in [6.07, 6.45) is 4.76. The van der Waals surface area contributed by atoms with Crippen molar-refractivity contribution < 1.29 is 15.0 Å². The highest BCUT2D eigenvalue weighted by Gasteiger charge is 2.29. The predicted molar refractivity (Wildman–Crippen MR) is 70.2 cm³/mol. The highest BCUT2D eigenvalue weighted by Crippen LogP contribution is 2.18. The number of unbranched alkanes of at least 4 members (excludes halogenated alkanes) is 3. The molecule has 0 aromatic heterocycles. The number of aliphatic hydroxyl groups excluding tert-OH is 2. The molecule has 1 rings (SSSR count). The number of β-amino-alcohol motifs (C(OH)–C–C–N with tert-alkyl or cyclic N) is 1. The maximum Gasteiger partial charge on any atom is 0.216 e. The van der Waals surface area contributed by atoms with E-state index in [0.29, 0.717) is 13.0 Å². The molecule has 0 aromatic carbocycles. The first-order chi connectivity index (χ1) is 8.63. The van der Waals surface area contributed by atoms with Crippen molar-refractivity contribution in [2.24, 2.45) is 0 Å². The van der Waals surface area contributed by atoms with Gasteiger partial charge in [-0.2, -0.15) is 0 Å². The summed E-state index contributed by atoms with van der Waals surface area (Å²) in [5, 5.41) is 21.5. The number of rotatable bonds is 8. The van der Waals surface area contributed by atoms with Gasteiger partial charge in [0, 0.05) is 26.1 Å².